The van der Waals surface area contributed by atoms with Crippen molar-refractivity contribution in [2.24, 2.45) is 11.3 Å². The molecule has 1 heterocycles. The minimum absolute atomic E-state index is 0.305. The summed E-state index contributed by atoms with van der Waals surface area (Å²) in [6.45, 7) is 10.7. The third kappa shape index (κ3) is 3.61. The van der Waals surface area contributed by atoms with Crippen molar-refractivity contribution in [2.45, 2.75) is 46.6 Å². The van der Waals surface area contributed by atoms with Crippen molar-refractivity contribution in [1.82, 2.24) is 5.32 Å². The van der Waals surface area contributed by atoms with E-state index in [1.54, 1.807) is 7.11 Å². The van der Waals surface area contributed by atoms with Crippen LogP contribution in [0.15, 0.2) is 10.5 Å². The maximum Gasteiger partial charge on any atom is 0.109 e. The van der Waals surface area contributed by atoms with Crippen LogP contribution in [0.3, 0.4) is 0 Å². The first-order valence-electron chi connectivity index (χ1n) is 7.23. The summed E-state index contributed by atoms with van der Waals surface area (Å²) in [7, 11) is 1.76. The number of furan rings is 1. The molecule has 1 aromatic rings. The molecule has 1 aliphatic carbocycles. The van der Waals surface area contributed by atoms with Gasteiger partial charge in [-0.3, -0.25) is 0 Å². The molecule has 0 spiro atoms. The number of nitrogens with one attached hydrogen (secondary N) is 1. The average molecular weight is 265 g/mol. The van der Waals surface area contributed by atoms with Gasteiger partial charge in [-0.05, 0) is 30.7 Å². The summed E-state index contributed by atoms with van der Waals surface area (Å²) in [5, 5.41) is 3.69. The zero-order valence-electron chi connectivity index (χ0n) is 12.9. The van der Waals surface area contributed by atoms with E-state index in [4.69, 9.17) is 9.15 Å². The number of rotatable bonds is 5. The van der Waals surface area contributed by atoms with Crippen LogP contribution in [-0.2, 0) is 11.2 Å². The van der Waals surface area contributed by atoms with Crippen molar-refractivity contribution in [3.8, 4) is 0 Å². The monoisotopic (exact) mass is 265 g/mol. The molecular formula is C16H27NO2. The molecular weight excluding hydrogens is 238 g/mol. The van der Waals surface area contributed by atoms with E-state index in [0.717, 1.165) is 25.3 Å². The molecule has 1 N–H and O–H groups in total. The summed E-state index contributed by atoms with van der Waals surface area (Å²) >= 11 is 0. The number of methoxy groups -OCH3 is 1. The molecule has 0 radical (unpaired) electrons. The van der Waals surface area contributed by atoms with Gasteiger partial charge in [0.2, 0.25) is 0 Å². The first kappa shape index (κ1) is 14.6. The van der Waals surface area contributed by atoms with Crippen LogP contribution in [0.1, 0.15) is 50.3 Å². The molecule has 0 saturated heterocycles. The molecule has 2 unspecified atom stereocenters. The molecule has 0 aromatic carbocycles. The molecule has 1 aliphatic rings. The summed E-state index contributed by atoms with van der Waals surface area (Å²) in [5.41, 5.74) is 1.67. The van der Waals surface area contributed by atoms with Crippen molar-refractivity contribution < 1.29 is 9.15 Å². The molecule has 19 heavy (non-hydrogen) atoms. The molecule has 2 rings (SSSR count). The number of hydrogen-bond donors (Lipinski definition) is 1. The predicted octanol–water partition coefficient (Wildman–Crippen LogP) is 3.47. The Balaban J connectivity index is 2.07. The van der Waals surface area contributed by atoms with Gasteiger partial charge in [-0.15, -0.1) is 0 Å². The summed E-state index contributed by atoms with van der Waals surface area (Å²) in [5.74, 6) is 2.73. The Labute approximate surface area is 116 Å². The van der Waals surface area contributed by atoms with E-state index in [0.29, 0.717) is 17.4 Å². The lowest BCUT2D eigenvalue weighted by Crippen LogP contribution is -2.35. The highest BCUT2D eigenvalue weighted by Gasteiger charge is 2.34. The average Bonchev–Trinajstić information content (AvgIpc) is 2.65. The molecule has 0 saturated carbocycles. The highest BCUT2D eigenvalue weighted by Crippen LogP contribution is 2.41. The van der Waals surface area contributed by atoms with Gasteiger partial charge in [-0.2, -0.15) is 0 Å². The van der Waals surface area contributed by atoms with Gasteiger partial charge in [-0.1, -0.05) is 20.8 Å². The van der Waals surface area contributed by atoms with Crippen LogP contribution in [0.2, 0.25) is 0 Å². The molecule has 3 nitrogen and oxygen atoms in total. The first-order chi connectivity index (χ1) is 8.91. The molecule has 2 atom stereocenters. The van der Waals surface area contributed by atoms with Crippen molar-refractivity contribution in [2.75, 3.05) is 20.3 Å². The Morgan fingerprint density at radius 1 is 1.53 bits per heavy atom. The Morgan fingerprint density at radius 2 is 2.26 bits per heavy atom. The normalized spacial score (nSPS) is 23.1. The van der Waals surface area contributed by atoms with Crippen LogP contribution in [0.25, 0.3) is 0 Å². The van der Waals surface area contributed by atoms with E-state index in [-0.39, 0.29) is 0 Å². The summed E-state index contributed by atoms with van der Waals surface area (Å²) in [6, 6.07) is 2.61. The second-order valence-electron chi connectivity index (χ2n) is 6.80. The van der Waals surface area contributed by atoms with E-state index in [1.165, 1.54) is 17.7 Å². The van der Waals surface area contributed by atoms with Gasteiger partial charge in [0.25, 0.3) is 0 Å². The highest BCUT2D eigenvalue weighted by molar-refractivity contribution is 5.29. The van der Waals surface area contributed by atoms with Gasteiger partial charge in [0, 0.05) is 38.3 Å². The van der Waals surface area contributed by atoms with Gasteiger partial charge in [0.15, 0.2) is 0 Å². The van der Waals surface area contributed by atoms with Crippen LogP contribution in [0.5, 0.6) is 0 Å². The third-order valence-corrected chi connectivity index (χ3v) is 3.90. The van der Waals surface area contributed by atoms with Crippen LogP contribution >= 0.6 is 0 Å². The van der Waals surface area contributed by atoms with Crippen molar-refractivity contribution in [1.29, 1.82) is 0 Å². The first-order valence-corrected chi connectivity index (χ1v) is 7.23. The zero-order chi connectivity index (χ0) is 14.0. The Morgan fingerprint density at radius 3 is 2.95 bits per heavy atom. The smallest absolute Gasteiger partial charge is 0.109 e. The maximum atomic E-state index is 5.86. The second kappa shape index (κ2) is 5.68. The Bertz CT molecular complexity index is 422. The summed E-state index contributed by atoms with van der Waals surface area (Å²) < 4.78 is 11.1. The second-order valence-corrected chi connectivity index (χ2v) is 6.80. The zero-order valence-corrected chi connectivity index (χ0v) is 12.9. The fraction of sp³-hybridized carbons (Fsp3) is 0.750. The lowest BCUT2D eigenvalue weighted by Gasteiger charge is -2.35. The lowest BCUT2D eigenvalue weighted by molar-refractivity contribution is 0.152. The lowest BCUT2D eigenvalue weighted by atomic mass is 9.74. The molecule has 0 aliphatic heterocycles. The van der Waals surface area contributed by atoms with E-state index < -0.39 is 0 Å². The van der Waals surface area contributed by atoms with Gasteiger partial charge < -0.3 is 14.5 Å². The minimum Gasteiger partial charge on any atom is -0.466 e. The molecule has 0 fully saturated rings. The fourth-order valence-corrected chi connectivity index (χ4v) is 3.05. The topological polar surface area (TPSA) is 34.4 Å². The van der Waals surface area contributed by atoms with Gasteiger partial charge in [-0.25, -0.2) is 0 Å². The number of hydrogen-bond acceptors (Lipinski definition) is 3. The largest absolute Gasteiger partial charge is 0.466 e. The van der Waals surface area contributed by atoms with Crippen molar-refractivity contribution in [3.63, 3.8) is 0 Å². The van der Waals surface area contributed by atoms with Gasteiger partial charge in [0.05, 0.1) is 0 Å². The number of ether oxygens (including phenoxy) is 1. The summed E-state index contributed by atoms with van der Waals surface area (Å²) in [6.07, 6.45) is 2.21. The predicted molar refractivity (Wildman–Crippen MR) is 77.3 cm³/mol. The van der Waals surface area contributed by atoms with E-state index >= 15 is 0 Å². The highest BCUT2D eigenvalue weighted by atomic mass is 16.5. The molecule has 0 amide bonds. The van der Waals surface area contributed by atoms with Gasteiger partial charge >= 0.3 is 0 Å². The van der Waals surface area contributed by atoms with Crippen molar-refractivity contribution >= 4 is 0 Å². The quantitative estimate of drug-likeness (QED) is 0.885. The fourth-order valence-electron chi connectivity index (χ4n) is 3.05. The number of aryl methyl sites for hydroxylation is 1. The van der Waals surface area contributed by atoms with Crippen LogP contribution < -0.4 is 5.32 Å². The number of fused-ring (bicyclic) bond motifs is 1. The van der Waals surface area contributed by atoms with Crippen LogP contribution in [0.4, 0.5) is 0 Å². The SMILES string of the molecule is COCC(C)CNC1CC(C)(C)Cc2oc(C)cc21. The minimum atomic E-state index is 0.305. The molecule has 0 bridgehead atoms. The van der Waals surface area contributed by atoms with Crippen LogP contribution in [-0.4, -0.2) is 20.3 Å². The summed E-state index contributed by atoms with van der Waals surface area (Å²) in [4.78, 5) is 0. The van der Waals surface area contributed by atoms with Crippen LogP contribution in [0, 0.1) is 18.3 Å². The Hall–Kier alpha value is -0.800. The van der Waals surface area contributed by atoms with E-state index in [2.05, 4.69) is 32.2 Å². The third-order valence-electron chi connectivity index (χ3n) is 3.90. The maximum absolute atomic E-state index is 5.86. The van der Waals surface area contributed by atoms with Crippen molar-refractivity contribution in [3.05, 3.63) is 23.2 Å². The molecule has 1 aromatic heterocycles. The standard InChI is InChI=1S/C16H27NO2/c1-11(10-18-5)9-17-14-7-16(3,4)8-15-13(14)6-12(2)19-15/h6,11,14,17H,7-10H2,1-5H3. The molecule has 108 valence electrons. The Kier molecular flexibility index (Phi) is 4.36. The van der Waals surface area contributed by atoms with E-state index in [9.17, 15) is 0 Å². The van der Waals surface area contributed by atoms with Gasteiger partial charge in [0.1, 0.15) is 11.5 Å². The van der Waals surface area contributed by atoms with E-state index in [1.807, 2.05) is 6.92 Å². The molecule has 3 heteroatoms.